The maximum atomic E-state index is 12.5. The molecule has 4 aromatic rings. The maximum Gasteiger partial charge on any atom is 0.358 e. The molecule has 0 aliphatic carbocycles. The van der Waals surface area contributed by atoms with Crippen molar-refractivity contribution in [1.82, 2.24) is 14.8 Å². The number of thiazole rings is 1. The Labute approximate surface area is 176 Å². The van der Waals surface area contributed by atoms with E-state index in [0.29, 0.717) is 11.4 Å². The fourth-order valence-electron chi connectivity index (χ4n) is 2.83. The molecule has 1 amide bonds. The highest BCUT2D eigenvalue weighted by Crippen LogP contribution is 2.23. The summed E-state index contributed by atoms with van der Waals surface area (Å²) < 4.78 is 7.56. The van der Waals surface area contributed by atoms with E-state index in [-0.39, 0.29) is 18.2 Å². The molecule has 1 N–H and O–H groups in total. The maximum absolute atomic E-state index is 12.5. The van der Waals surface area contributed by atoms with Gasteiger partial charge in [0.2, 0.25) is 5.91 Å². The van der Waals surface area contributed by atoms with Gasteiger partial charge in [-0.1, -0.05) is 24.3 Å². The van der Waals surface area contributed by atoms with Crippen LogP contribution in [0.3, 0.4) is 0 Å². The summed E-state index contributed by atoms with van der Waals surface area (Å²) in [6.45, 7) is 2.01. The van der Waals surface area contributed by atoms with Crippen molar-refractivity contribution in [2.45, 2.75) is 6.92 Å². The molecular weight excluding hydrogens is 400 g/mol. The summed E-state index contributed by atoms with van der Waals surface area (Å²) in [5.74, 6) is -0.781. The number of carbonyl (C=O) groups is 2. The number of ether oxygens (including phenoxy) is 1. The zero-order chi connectivity index (χ0) is 20.9. The van der Waals surface area contributed by atoms with Crippen LogP contribution in [0, 0.1) is 0 Å². The number of rotatable bonds is 6. The van der Waals surface area contributed by atoms with Gasteiger partial charge in [0.15, 0.2) is 5.69 Å². The molecule has 4 rings (SSSR count). The number of hydrogen-bond acceptors (Lipinski definition) is 6. The molecule has 0 spiro atoms. The van der Waals surface area contributed by atoms with Gasteiger partial charge in [0.25, 0.3) is 0 Å². The van der Waals surface area contributed by atoms with E-state index in [1.54, 1.807) is 37.4 Å². The van der Waals surface area contributed by atoms with E-state index in [1.807, 2.05) is 36.4 Å². The second-order valence-corrected chi connectivity index (χ2v) is 7.29. The zero-order valence-corrected chi connectivity index (χ0v) is 16.9. The van der Waals surface area contributed by atoms with Gasteiger partial charge in [-0.05, 0) is 43.3 Å². The molecule has 2 heterocycles. The lowest BCUT2D eigenvalue weighted by molar-refractivity contribution is -0.111. The minimum absolute atomic E-state index is 0.203. The molecule has 0 saturated heterocycles. The van der Waals surface area contributed by atoms with Crippen LogP contribution in [0.4, 0.5) is 5.69 Å². The minimum Gasteiger partial charge on any atom is -0.461 e. The predicted molar refractivity (Wildman–Crippen MR) is 117 cm³/mol. The van der Waals surface area contributed by atoms with Crippen LogP contribution in [-0.4, -0.2) is 33.2 Å². The first kappa shape index (κ1) is 19.5. The van der Waals surface area contributed by atoms with Crippen molar-refractivity contribution in [3.05, 3.63) is 77.6 Å². The molecular formula is C22H18N4O3S. The van der Waals surface area contributed by atoms with Crippen LogP contribution in [0.2, 0.25) is 0 Å². The molecule has 0 saturated carbocycles. The molecule has 30 heavy (non-hydrogen) atoms. The van der Waals surface area contributed by atoms with E-state index >= 15 is 0 Å². The Kier molecular flexibility index (Phi) is 5.67. The Hall–Kier alpha value is -3.78. The number of carbonyl (C=O) groups excluding carboxylic acids is 2. The number of nitrogens with zero attached hydrogens (tertiary/aromatic N) is 3. The summed E-state index contributed by atoms with van der Waals surface area (Å²) >= 11 is 1.52. The van der Waals surface area contributed by atoms with Gasteiger partial charge in [-0.2, -0.15) is 5.10 Å². The lowest BCUT2D eigenvalue weighted by atomic mass is 10.2. The van der Waals surface area contributed by atoms with E-state index in [9.17, 15) is 9.59 Å². The molecule has 7 nitrogen and oxygen atoms in total. The number of nitrogens with one attached hydrogen (secondary N) is 1. The van der Waals surface area contributed by atoms with E-state index in [4.69, 9.17) is 4.74 Å². The number of para-hydroxylation sites is 3. The molecule has 150 valence electrons. The molecule has 8 heteroatoms. The summed E-state index contributed by atoms with van der Waals surface area (Å²) in [4.78, 5) is 28.8. The topological polar surface area (TPSA) is 86.1 Å². The average molecular weight is 418 g/mol. The standard InChI is InChI=1S/C22H18N4O3S/c1-2-29-22(28)17-13-14-26(25-17)18-9-5-3-7-15(18)23-20(27)11-12-21-24-16-8-4-6-10-19(16)30-21/h3-14H,2H2,1H3,(H,23,27)/b12-11+. The molecule has 0 atom stereocenters. The third kappa shape index (κ3) is 4.28. The Morgan fingerprint density at radius 1 is 1.13 bits per heavy atom. The summed E-state index contributed by atoms with van der Waals surface area (Å²) in [7, 11) is 0. The number of benzene rings is 2. The minimum atomic E-state index is -0.489. The third-order valence-corrected chi connectivity index (χ3v) is 5.17. The van der Waals surface area contributed by atoms with Crippen molar-refractivity contribution in [3.8, 4) is 5.69 Å². The van der Waals surface area contributed by atoms with Crippen molar-refractivity contribution in [1.29, 1.82) is 0 Å². The van der Waals surface area contributed by atoms with Gasteiger partial charge in [0.1, 0.15) is 5.01 Å². The first-order valence-corrected chi connectivity index (χ1v) is 10.1. The summed E-state index contributed by atoms with van der Waals surface area (Å²) in [6.07, 6.45) is 4.78. The molecule has 0 aliphatic rings. The Morgan fingerprint density at radius 2 is 1.93 bits per heavy atom. The summed E-state index contributed by atoms with van der Waals surface area (Å²) in [5, 5.41) is 7.86. The van der Waals surface area contributed by atoms with Crippen molar-refractivity contribution >= 4 is 45.2 Å². The summed E-state index contributed by atoms with van der Waals surface area (Å²) in [6, 6.07) is 16.6. The van der Waals surface area contributed by atoms with Gasteiger partial charge in [-0.15, -0.1) is 11.3 Å². The van der Waals surface area contributed by atoms with Crippen LogP contribution >= 0.6 is 11.3 Å². The molecule has 0 fully saturated rings. The Bertz CT molecular complexity index is 1210. The van der Waals surface area contributed by atoms with E-state index < -0.39 is 5.97 Å². The Balaban J connectivity index is 1.51. The molecule has 0 bridgehead atoms. The van der Waals surface area contributed by atoms with Crippen LogP contribution in [0.1, 0.15) is 22.4 Å². The molecule has 0 aliphatic heterocycles. The fraction of sp³-hybridized carbons (Fsp3) is 0.0909. The highest BCUT2D eigenvalue weighted by Gasteiger charge is 2.13. The van der Waals surface area contributed by atoms with Gasteiger partial charge >= 0.3 is 5.97 Å². The van der Waals surface area contributed by atoms with Crippen molar-refractivity contribution < 1.29 is 14.3 Å². The van der Waals surface area contributed by atoms with Gasteiger partial charge < -0.3 is 10.1 Å². The van der Waals surface area contributed by atoms with Gasteiger partial charge in [0, 0.05) is 12.3 Å². The second-order valence-electron chi connectivity index (χ2n) is 6.23. The molecule has 0 unspecified atom stereocenters. The monoisotopic (exact) mass is 418 g/mol. The largest absolute Gasteiger partial charge is 0.461 e. The first-order valence-electron chi connectivity index (χ1n) is 9.31. The van der Waals surface area contributed by atoms with Gasteiger partial charge in [0.05, 0.1) is 28.2 Å². The SMILES string of the molecule is CCOC(=O)c1ccn(-c2ccccc2NC(=O)/C=C/c2nc3ccccc3s2)n1. The highest BCUT2D eigenvalue weighted by atomic mass is 32.1. The number of esters is 1. The average Bonchev–Trinajstić information content (AvgIpc) is 3.40. The highest BCUT2D eigenvalue weighted by molar-refractivity contribution is 7.19. The predicted octanol–water partition coefficient (Wildman–Crippen LogP) is 4.31. The third-order valence-electron chi connectivity index (χ3n) is 4.17. The first-order chi connectivity index (χ1) is 14.6. The number of anilines is 1. The van der Waals surface area contributed by atoms with Crippen LogP contribution in [0.5, 0.6) is 0 Å². The fourth-order valence-corrected chi connectivity index (χ4v) is 3.70. The van der Waals surface area contributed by atoms with Crippen LogP contribution in [0.15, 0.2) is 66.9 Å². The van der Waals surface area contributed by atoms with Gasteiger partial charge in [-0.25, -0.2) is 14.5 Å². The number of fused-ring (bicyclic) bond motifs is 1. The van der Waals surface area contributed by atoms with Crippen LogP contribution in [0.25, 0.3) is 22.0 Å². The normalized spacial score (nSPS) is 11.1. The zero-order valence-electron chi connectivity index (χ0n) is 16.1. The number of amides is 1. The van der Waals surface area contributed by atoms with E-state index in [1.165, 1.54) is 22.1 Å². The Morgan fingerprint density at radius 3 is 2.77 bits per heavy atom. The van der Waals surface area contributed by atoms with Crippen molar-refractivity contribution in [2.75, 3.05) is 11.9 Å². The van der Waals surface area contributed by atoms with Gasteiger partial charge in [-0.3, -0.25) is 4.79 Å². The van der Waals surface area contributed by atoms with E-state index in [0.717, 1.165) is 15.2 Å². The lowest BCUT2D eigenvalue weighted by Gasteiger charge is -2.09. The molecule has 0 radical (unpaired) electrons. The second kappa shape index (κ2) is 8.71. The number of hydrogen-bond donors (Lipinski definition) is 1. The summed E-state index contributed by atoms with van der Waals surface area (Å²) in [5.41, 5.74) is 2.31. The van der Waals surface area contributed by atoms with Crippen LogP contribution < -0.4 is 5.32 Å². The molecule has 2 aromatic carbocycles. The smallest absolute Gasteiger partial charge is 0.358 e. The van der Waals surface area contributed by atoms with E-state index in [2.05, 4.69) is 15.4 Å². The van der Waals surface area contributed by atoms with Crippen molar-refractivity contribution in [3.63, 3.8) is 0 Å². The van der Waals surface area contributed by atoms with Crippen LogP contribution in [-0.2, 0) is 9.53 Å². The lowest BCUT2D eigenvalue weighted by Crippen LogP contribution is -2.11. The van der Waals surface area contributed by atoms with Crippen molar-refractivity contribution in [2.24, 2.45) is 0 Å². The number of aromatic nitrogens is 3. The quantitative estimate of drug-likeness (QED) is 0.372. The molecule has 2 aromatic heterocycles.